The standard InChI is InChI=1S/C26H25FN4O4S2/c1-36-21-7-5-6-20(15-21)30-24-23(14-17(27)16-28-24)25(32)31(26(30)33)19-12-10-18(11-13-19)29-37(34,35)22-8-3-2-4-9-22/h2-9,14-16,18-19,29H,10-13H2,1H3. The molecule has 2 aromatic carbocycles. The summed E-state index contributed by atoms with van der Waals surface area (Å²) >= 11 is 1.51. The van der Waals surface area contributed by atoms with Gasteiger partial charge in [-0.15, -0.1) is 11.8 Å². The quantitative estimate of drug-likeness (QED) is 0.373. The Hall–Kier alpha value is -3.28. The zero-order valence-electron chi connectivity index (χ0n) is 20.0. The highest BCUT2D eigenvalue weighted by molar-refractivity contribution is 7.98. The molecular weight excluding hydrogens is 515 g/mol. The Bertz CT molecular complexity index is 1680. The van der Waals surface area contributed by atoms with Gasteiger partial charge in [0.05, 0.1) is 22.2 Å². The summed E-state index contributed by atoms with van der Waals surface area (Å²) in [5.74, 6) is -0.668. The summed E-state index contributed by atoms with van der Waals surface area (Å²) in [6.07, 6.45) is 4.63. The Labute approximate surface area is 217 Å². The second-order valence-electron chi connectivity index (χ2n) is 8.96. The number of rotatable bonds is 6. The first-order valence-electron chi connectivity index (χ1n) is 11.8. The van der Waals surface area contributed by atoms with Crippen LogP contribution in [-0.2, 0) is 10.0 Å². The summed E-state index contributed by atoms with van der Waals surface area (Å²) in [7, 11) is -3.68. The third kappa shape index (κ3) is 4.98. The van der Waals surface area contributed by atoms with Gasteiger partial charge >= 0.3 is 5.69 Å². The first-order chi connectivity index (χ1) is 17.8. The second kappa shape index (κ2) is 10.2. The minimum Gasteiger partial charge on any atom is -0.268 e. The van der Waals surface area contributed by atoms with Gasteiger partial charge in [-0.3, -0.25) is 9.36 Å². The number of fused-ring (bicyclic) bond motifs is 1. The van der Waals surface area contributed by atoms with Crippen molar-refractivity contribution in [1.82, 2.24) is 18.8 Å². The summed E-state index contributed by atoms with van der Waals surface area (Å²) in [5.41, 5.74) is -0.532. The average molecular weight is 541 g/mol. The van der Waals surface area contributed by atoms with Crippen molar-refractivity contribution in [2.45, 2.75) is 47.6 Å². The number of hydrogen-bond acceptors (Lipinski definition) is 6. The normalized spacial score (nSPS) is 18.2. The van der Waals surface area contributed by atoms with Crippen molar-refractivity contribution in [1.29, 1.82) is 0 Å². The Morgan fingerprint density at radius 3 is 2.43 bits per heavy atom. The average Bonchev–Trinajstić information content (AvgIpc) is 2.90. The third-order valence-electron chi connectivity index (χ3n) is 6.64. The fourth-order valence-corrected chi connectivity index (χ4v) is 6.61. The molecule has 0 radical (unpaired) electrons. The van der Waals surface area contributed by atoms with Crippen LogP contribution >= 0.6 is 11.8 Å². The fourth-order valence-electron chi connectivity index (χ4n) is 4.83. The molecule has 1 aliphatic carbocycles. The number of pyridine rings is 1. The molecule has 11 heteroatoms. The van der Waals surface area contributed by atoms with Crippen molar-refractivity contribution in [3.63, 3.8) is 0 Å². The zero-order valence-corrected chi connectivity index (χ0v) is 21.6. The maximum Gasteiger partial charge on any atom is 0.337 e. The lowest BCUT2D eigenvalue weighted by molar-refractivity contribution is 0.298. The van der Waals surface area contributed by atoms with Crippen LogP contribution in [0.1, 0.15) is 31.7 Å². The van der Waals surface area contributed by atoms with Crippen molar-refractivity contribution in [2.75, 3.05) is 6.26 Å². The Kier molecular flexibility index (Phi) is 7.02. The van der Waals surface area contributed by atoms with E-state index in [-0.39, 0.29) is 22.0 Å². The molecule has 4 aromatic rings. The number of benzene rings is 2. The maximum atomic E-state index is 14.1. The highest BCUT2D eigenvalue weighted by atomic mass is 32.2. The van der Waals surface area contributed by atoms with Gasteiger partial charge in [-0.1, -0.05) is 24.3 Å². The maximum absolute atomic E-state index is 14.1. The second-order valence-corrected chi connectivity index (χ2v) is 11.6. The molecule has 0 aliphatic heterocycles. The third-order valence-corrected chi connectivity index (χ3v) is 8.90. The zero-order chi connectivity index (χ0) is 26.2. The Morgan fingerprint density at radius 2 is 1.73 bits per heavy atom. The SMILES string of the molecule is CSc1cccc(-n2c(=O)n(C3CCC(NS(=O)(=O)c4ccccc4)CC3)c(=O)c3cc(F)cnc32)c1. The molecule has 2 aromatic heterocycles. The van der Waals surface area contributed by atoms with Crippen molar-refractivity contribution in [3.05, 3.63) is 93.5 Å². The molecule has 8 nitrogen and oxygen atoms in total. The predicted molar refractivity (Wildman–Crippen MR) is 141 cm³/mol. The fraction of sp³-hybridized carbons (Fsp3) is 0.269. The van der Waals surface area contributed by atoms with Gasteiger partial charge < -0.3 is 0 Å². The highest BCUT2D eigenvalue weighted by Crippen LogP contribution is 2.28. The number of nitrogens with zero attached hydrogens (tertiary/aromatic N) is 3. The van der Waals surface area contributed by atoms with Crippen LogP contribution < -0.4 is 16.0 Å². The van der Waals surface area contributed by atoms with Crippen LogP contribution in [0.2, 0.25) is 0 Å². The predicted octanol–water partition coefficient (Wildman–Crippen LogP) is 3.87. The molecule has 0 spiro atoms. The first-order valence-corrected chi connectivity index (χ1v) is 14.5. The summed E-state index contributed by atoms with van der Waals surface area (Å²) < 4.78 is 44.8. The van der Waals surface area contributed by atoms with Crippen LogP contribution in [0.15, 0.2) is 86.2 Å². The van der Waals surface area contributed by atoms with Gasteiger partial charge in [0.1, 0.15) is 5.82 Å². The number of halogens is 1. The Balaban J connectivity index is 1.50. The van der Waals surface area contributed by atoms with Crippen LogP contribution in [0, 0.1) is 5.82 Å². The number of nitrogens with one attached hydrogen (secondary N) is 1. The molecule has 1 saturated carbocycles. The van der Waals surface area contributed by atoms with Gasteiger partial charge in [0, 0.05) is 17.0 Å². The largest absolute Gasteiger partial charge is 0.337 e. The molecule has 0 bridgehead atoms. The lowest BCUT2D eigenvalue weighted by Crippen LogP contribution is -2.45. The highest BCUT2D eigenvalue weighted by Gasteiger charge is 2.29. The van der Waals surface area contributed by atoms with Gasteiger partial charge in [-0.05, 0) is 68.3 Å². The molecule has 0 saturated heterocycles. The number of hydrogen-bond donors (Lipinski definition) is 1. The van der Waals surface area contributed by atoms with E-state index in [1.807, 2.05) is 24.5 Å². The van der Waals surface area contributed by atoms with Gasteiger partial charge in [-0.25, -0.2) is 31.9 Å². The van der Waals surface area contributed by atoms with E-state index < -0.39 is 33.1 Å². The van der Waals surface area contributed by atoms with E-state index in [0.717, 1.165) is 17.2 Å². The smallest absolute Gasteiger partial charge is 0.268 e. The number of thioether (sulfide) groups is 1. The van der Waals surface area contributed by atoms with Crippen molar-refractivity contribution in [3.8, 4) is 5.69 Å². The van der Waals surface area contributed by atoms with Gasteiger partial charge in [-0.2, -0.15) is 0 Å². The van der Waals surface area contributed by atoms with E-state index in [9.17, 15) is 22.4 Å². The van der Waals surface area contributed by atoms with Crippen molar-refractivity contribution < 1.29 is 12.8 Å². The molecule has 1 fully saturated rings. The lowest BCUT2D eigenvalue weighted by Gasteiger charge is -2.30. The molecular formula is C26H25FN4O4S2. The summed E-state index contributed by atoms with van der Waals surface area (Å²) in [6.45, 7) is 0. The first kappa shape index (κ1) is 25.4. The van der Waals surface area contributed by atoms with E-state index in [1.54, 1.807) is 24.3 Å². The van der Waals surface area contributed by atoms with Crippen molar-refractivity contribution in [2.24, 2.45) is 0 Å². The lowest BCUT2D eigenvalue weighted by atomic mass is 9.91. The van der Waals surface area contributed by atoms with E-state index in [4.69, 9.17) is 0 Å². The molecule has 0 unspecified atom stereocenters. The molecule has 2 heterocycles. The van der Waals surface area contributed by atoms with Gasteiger partial charge in [0.2, 0.25) is 10.0 Å². The van der Waals surface area contributed by atoms with Gasteiger partial charge in [0.25, 0.3) is 5.56 Å². The monoisotopic (exact) mass is 540 g/mol. The molecule has 1 aliphatic rings. The summed E-state index contributed by atoms with van der Waals surface area (Å²) in [6, 6.07) is 15.7. The van der Waals surface area contributed by atoms with Gasteiger partial charge in [0.15, 0.2) is 5.65 Å². The minimum absolute atomic E-state index is 0.0149. The minimum atomic E-state index is -3.68. The molecule has 37 heavy (non-hydrogen) atoms. The number of aromatic nitrogens is 3. The van der Waals surface area contributed by atoms with E-state index in [2.05, 4.69) is 9.71 Å². The van der Waals surface area contributed by atoms with Crippen LogP contribution in [0.3, 0.4) is 0 Å². The molecule has 1 N–H and O–H groups in total. The molecule has 0 amide bonds. The van der Waals surface area contributed by atoms with E-state index in [1.165, 1.54) is 33.0 Å². The van der Waals surface area contributed by atoms with Crippen LogP contribution in [0.25, 0.3) is 16.7 Å². The van der Waals surface area contributed by atoms with E-state index >= 15 is 0 Å². The van der Waals surface area contributed by atoms with Crippen molar-refractivity contribution >= 4 is 32.8 Å². The van der Waals surface area contributed by atoms with E-state index in [0.29, 0.717) is 31.4 Å². The topological polar surface area (TPSA) is 103 Å². The summed E-state index contributed by atoms with van der Waals surface area (Å²) in [5, 5.41) is 0.0149. The Morgan fingerprint density at radius 1 is 1.00 bits per heavy atom. The van der Waals surface area contributed by atoms with Crippen LogP contribution in [0.5, 0.6) is 0 Å². The van der Waals surface area contributed by atoms with Crippen LogP contribution in [0.4, 0.5) is 4.39 Å². The molecule has 5 rings (SSSR count). The molecule has 192 valence electrons. The summed E-state index contributed by atoms with van der Waals surface area (Å²) in [4.78, 5) is 32.4. The van der Waals surface area contributed by atoms with Crippen LogP contribution in [-0.4, -0.2) is 34.8 Å². The molecule has 0 atom stereocenters. The number of sulfonamides is 1.